The Morgan fingerprint density at radius 3 is 2.26 bits per heavy atom. The number of hydrogen-bond donors (Lipinski definition) is 0. The normalized spacial score (nSPS) is 12.5. The standard InChI is InChI=1S/C23H27NO3.C8H7BrO.C2H6/c1-6-18-16(2)8-7-9-20(18)24-12-13-27-21-14-17(23(3,4)15-26-5)10-11-19(21)22(24)25;1-6-3-2-4-8(9)7(6)5-10;1-2/h6-11,14H,1,12-13,15H2,2-5H3;2-5H,1H3;1-2H3. The second kappa shape index (κ2) is 14.8. The molecular formula is C33H40BrNO4. The lowest BCUT2D eigenvalue weighted by Gasteiger charge is -2.25. The molecule has 0 N–H and O–H groups in total. The van der Waals surface area contributed by atoms with Crippen molar-refractivity contribution in [3.05, 3.63) is 99.0 Å². The van der Waals surface area contributed by atoms with Gasteiger partial charge in [0.15, 0.2) is 6.29 Å². The number of aldehydes is 1. The largest absolute Gasteiger partial charge is 0.491 e. The van der Waals surface area contributed by atoms with E-state index in [1.165, 1.54) is 0 Å². The van der Waals surface area contributed by atoms with Gasteiger partial charge in [-0.25, -0.2) is 0 Å². The van der Waals surface area contributed by atoms with Crippen molar-refractivity contribution in [1.82, 2.24) is 0 Å². The minimum atomic E-state index is -0.158. The van der Waals surface area contributed by atoms with Gasteiger partial charge in [0.25, 0.3) is 5.91 Å². The van der Waals surface area contributed by atoms with Crippen molar-refractivity contribution in [2.75, 3.05) is 31.8 Å². The van der Waals surface area contributed by atoms with E-state index in [0.29, 0.717) is 31.1 Å². The molecule has 0 aliphatic carbocycles. The second-order valence-electron chi connectivity index (χ2n) is 9.63. The third-order valence-electron chi connectivity index (χ3n) is 6.50. The van der Waals surface area contributed by atoms with Crippen LogP contribution in [0.3, 0.4) is 0 Å². The van der Waals surface area contributed by atoms with Crippen molar-refractivity contribution in [2.45, 2.75) is 47.0 Å². The van der Waals surface area contributed by atoms with Gasteiger partial charge in [0.05, 0.1) is 24.4 Å². The first-order valence-electron chi connectivity index (χ1n) is 13.1. The molecule has 4 rings (SSSR count). The van der Waals surface area contributed by atoms with Gasteiger partial charge < -0.3 is 14.4 Å². The number of amides is 1. The summed E-state index contributed by atoms with van der Waals surface area (Å²) in [6, 6.07) is 17.5. The van der Waals surface area contributed by atoms with E-state index in [-0.39, 0.29) is 11.3 Å². The highest BCUT2D eigenvalue weighted by Gasteiger charge is 2.29. The summed E-state index contributed by atoms with van der Waals surface area (Å²) in [5.41, 5.74) is 6.20. The van der Waals surface area contributed by atoms with Gasteiger partial charge in [-0.05, 0) is 54.8 Å². The van der Waals surface area contributed by atoms with Crippen LogP contribution < -0.4 is 9.64 Å². The summed E-state index contributed by atoms with van der Waals surface area (Å²) in [6.45, 7) is 17.6. The molecule has 0 bridgehead atoms. The molecule has 0 saturated carbocycles. The zero-order chi connectivity index (χ0) is 29.2. The van der Waals surface area contributed by atoms with E-state index in [1.54, 1.807) is 18.1 Å². The van der Waals surface area contributed by atoms with E-state index in [2.05, 4.69) is 36.4 Å². The number of benzene rings is 3. The Labute approximate surface area is 242 Å². The fourth-order valence-electron chi connectivity index (χ4n) is 4.37. The molecule has 1 aliphatic heterocycles. The van der Waals surface area contributed by atoms with Crippen molar-refractivity contribution >= 4 is 39.9 Å². The van der Waals surface area contributed by atoms with Crippen molar-refractivity contribution in [2.24, 2.45) is 0 Å². The number of hydrogen-bond acceptors (Lipinski definition) is 4. The molecule has 0 spiro atoms. The first-order valence-corrected chi connectivity index (χ1v) is 13.9. The molecule has 208 valence electrons. The van der Waals surface area contributed by atoms with Crippen LogP contribution in [-0.4, -0.2) is 39.1 Å². The van der Waals surface area contributed by atoms with E-state index in [0.717, 1.165) is 44.3 Å². The maximum atomic E-state index is 13.3. The van der Waals surface area contributed by atoms with Crippen molar-refractivity contribution in [3.63, 3.8) is 0 Å². The maximum Gasteiger partial charge on any atom is 0.262 e. The minimum Gasteiger partial charge on any atom is -0.491 e. The van der Waals surface area contributed by atoms with Gasteiger partial charge in [-0.15, -0.1) is 0 Å². The smallest absolute Gasteiger partial charge is 0.262 e. The lowest BCUT2D eigenvalue weighted by atomic mass is 9.85. The monoisotopic (exact) mass is 593 g/mol. The number of carbonyl (C=O) groups excluding carboxylic acids is 2. The fraction of sp³-hybridized carbons (Fsp3) is 0.333. The zero-order valence-corrected chi connectivity index (χ0v) is 25.7. The van der Waals surface area contributed by atoms with Gasteiger partial charge in [-0.3, -0.25) is 9.59 Å². The highest BCUT2D eigenvalue weighted by molar-refractivity contribution is 9.10. The number of anilines is 1. The van der Waals surface area contributed by atoms with E-state index in [4.69, 9.17) is 9.47 Å². The molecule has 0 aromatic heterocycles. The molecule has 39 heavy (non-hydrogen) atoms. The van der Waals surface area contributed by atoms with Crippen LogP contribution in [-0.2, 0) is 10.2 Å². The average Bonchev–Trinajstić information content (AvgIpc) is 3.08. The molecule has 0 saturated heterocycles. The summed E-state index contributed by atoms with van der Waals surface area (Å²) in [7, 11) is 1.70. The summed E-state index contributed by atoms with van der Waals surface area (Å²) in [6.07, 6.45) is 2.67. The van der Waals surface area contributed by atoms with Crippen LogP contribution in [0.2, 0.25) is 0 Å². The summed E-state index contributed by atoms with van der Waals surface area (Å²) in [5, 5.41) is 0. The molecule has 0 atom stereocenters. The third kappa shape index (κ3) is 7.68. The van der Waals surface area contributed by atoms with E-state index >= 15 is 0 Å². The highest BCUT2D eigenvalue weighted by Crippen LogP contribution is 2.34. The number of methoxy groups -OCH3 is 1. The Bertz CT molecular complexity index is 1280. The summed E-state index contributed by atoms with van der Waals surface area (Å²) >= 11 is 3.28. The van der Waals surface area contributed by atoms with Crippen LogP contribution in [0.1, 0.15) is 70.7 Å². The topological polar surface area (TPSA) is 55.8 Å². The van der Waals surface area contributed by atoms with Gasteiger partial charge >= 0.3 is 0 Å². The molecule has 0 unspecified atom stereocenters. The predicted octanol–water partition coefficient (Wildman–Crippen LogP) is 8.20. The van der Waals surface area contributed by atoms with Gasteiger partial charge in [0.2, 0.25) is 0 Å². The second-order valence-corrected chi connectivity index (χ2v) is 10.5. The quantitative estimate of drug-likeness (QED) is 0.270. The van der Waals surface area contributed by atoms with Crippen LogP contribution in [0.15, 0.2) is 65.6 Å². The van der Waals surface area contributed by atoms with Crippen LogP contribution in [0, 0.1) is 13.8 Å². The summed E-state index contributed by atoms with van der Waals surface area (Å²) in [4.78, 5) is 25.5. The third-order valence-corrected chi connectivity index (χ3v) is 7.19. The number of rotatable bonds is 6. The van der Waals surface area contributed by atoms with Crippen LogP contribution in [0.4, 0.5) is 5.69 Å². The van der Waals surface area contributed by atoms with Crippen molar-refractivity contribution < 1.29 is 19.1 Å². The predicted molar refractivity (Wildman–Crippen MR) is 165 cm³/mol. The van der Waals surface area contributed by atoms with E-state index < -0.39 is 0 Å². The average molecular weight is 595 g/mol. The molecule has 6 heteroatoms. The van der Waals surface area contributed by atoms with Gasteiger partial charge in [0.1, 0.15) is 12.4 Å². The van der Waals surface area contributed by atoms with Crippen LogP contribution >= 0.6 is 15.9 Å². The number of nitrogens with zero attached hydrogens (tertiary/aromatic N) is 1. The Morgan fingerprint density at radius 1 is 1.05 bits per heavy atom. The van der Waals surface area contributed by atoms with E-state index in [1.807, 2.05) is 82.3 Å². The van der Waals surface area contributed by atoms with Crippen LogP contribution in [0.5, 0.6) is 5.75 Å². The SMILES string of the molecule is C=Cc1c(C)cccc1N1CCOc2cc(C(C)(C)COC)ccc2C1=O.CC.Cc1cccc(Br)c1C=O. The molecule has 0 fully saturated rings. The Kier molecular flexibility index (Phi) is 12.1. The number of fused-ring (bicyclic) bond motifs is 1. The first kappa shape index (κ1) is 32.0. The highest BCUT2D eigenvalue weighted by atomic mass is 79.9. The minimum absolute atomic E-state index is 0.0488. The molecular weight excluding hydrogens is 554 g/mol. The Hall–Kier alpha value is -3.22. The first-order chi connectivity index (χ1) is 18.6. The number of halogens is 1. The number of aryl methyl sites for hydroxylation is 2. The summed E-state index contributed by atoms with van der Waals surface area (Å²) < 4.78 is 12.2. The van der Waals surface area contributed by atoms with Gasteiger partial charge in [-0.2, -0.15) is 0 Å². The molecule has 1 amide bonds. The fourth-order valence-corrected chi connectivity index (χ4v) is 4.93. The number of ether oxygens (including phenoxy) is 2. The van der Waals surface area contributed by atoms with Crippen molar-refractivity contribution in [1.29, 1.82) is 0 Å². The Morgan fingerprint density at radius 2 is 1.69 bits per heavy atom. The molecule has 0 radical (unpaired) electrons. The molecule has 1 heterocycles. The van der Waals surface area contributed by atoms with E-state index in [9.17, 15) is 9.59 Å². The van der Waals surface area contributed by atoms with Gasteiger partial charge in [-0.1, -0.05) is 86.6 Å². The molecule has 3 aromatic carbocycles. The lowest BCUT2D eigenvalue weighted by Crippen LogP contribution is -2.33. The molecule has 3 aromatic rings. The van der Waals surface area contributed by atoms with Crippen LogP contribution in [0.25, 0.3) is 6.08 Å². The van der Waals surface area contributed by atoms with Crippen molar-refractivity contribution in [3.8, 4) is 5.75 Å². The van der Waals surface area contributed by atoms with Gasteiger partial charge in [0, 0.05) is 28.1 Å². The lowest BCUT2D eigenvalue weighted by molar-refractivity contribution is 0.0989. The Balaban J connectivity index is 0.000000372. The molecule has 5 nitrogen and oxygen atoms in total. The number of carbonyl (C=O) groups is 2. The zero-order valence-electron chi connectivity index (χ0n) is 24.1. The molecule has 1 aliphatic rings. The summed E-state index contributed by atoms with van der Waals surface area (Å²) in [5.74, 6) is 0.587. The maximum absolute atomic E-state index is 13.3.